The number of hydrogen-bond acceptors (Lipinski definition) is 6. The van der Waals surface area contributed by atoms with Gasteiger partial charge in [0.15, 0.2) is 5.82 Å². The Bertz CT molecular complexity index is 712. The van der Waals surface area contributed by atoms with E-state index in [1.165, 1.54) is 11.1 Å². The molecule has 24 heavy (non-hydrogen) atoms. The largest absolute Gasteiger partial charge is 0.342 e. The van der Waals surface area contributed by atoms with Crippen molar-refractivity contribution in [3.05, 3.63) is 35.5 Å². The Hall–Kier alpha value is -2.70. The molecule has 0 radical (unpaired) electrons. The summed E-state index contributed by atoms with van der Waals surface area (Å²) in [5, 5.41) is 11.6. The molecule has 1 N–H and O–H groups in total. The maximum Gasteiger partial charge on any atom is 0.247 e. The van der Waals surface area contributed by atoms with Gasteiger partial charge in [0, 0.05) is 31.9 Å². The molecule has 0 bridgehead atoms. The lowest BCUT2D eigenvalue weighted by atomic mass is 10.1. The molecular weight excluding hydrogens is 304 g/mol. The molecule has 1 amide bonds. The smallest absolute Gasteiger partial charge is 0.247 e. The summed E-state index contributed by atoms with van der Waals surface area (Å²) in [5.41, 5.74) is 3.50. The molecule has 0 aliphatic carbocycles. The van der Waals surface area contributed by atoms with Gasteiger partial charge in [0.2, 0.25) is 12.4 Å². The van der Waals surface area contributed by atoms with Gasteiger partial charge >= 0.3 is 0 Å². The van der Waals surface area contributed by atoms with Gasteiger partial charge in [-0.3, -0.25) is 4.79 Å². The molecule has 1 aromatic carbocycles. The quantitative estimate of drug-likeness (QED) is 0.844. The Morgan fingerprint density at radius 2 is 2.04 bits per heavy atom. The number of benzene rings is 1. The van der Waals surface area contributed by atoms with Crippen LogP contribution in [0.2, 0.25) is 0 Å². The molecular formula is C17H22N6O. The van der Waals surface area contributed by atoms with Crippen LogP contribution in [-0.4, -0.2) is 52.7 Å². The Morgan fingerprint density at radius 1 is 1.25 bits per heavy atom. The minimum absolute atomic E-state index is 0.595. The molecule has 2 heterocycles. The Morgan fingerprint density at radius 3 is 2.75 bits per heavy atom. The van der Waals surface area contributed by atoms with Crippen LogP contribution in [0.1, 0.15) is 18.1 Å². The summed E-state index contributed by atoms with van der Waals surface area (Å²) in [6.45, 7) is 7.01. The van der Waals surface area contributed by atoms with Crippen molar-refractivity contribution in [2.75, 3.05) is 36.4 Å². The Labute approximate surface area is 141 Å². The Balaban J connectivity index is 1.78. The average Bonchev–Trinajstić information content (AvgIpc) is 2.64. The first kappa shape index (κ1) is 16.2. The third-order valence-corrected chi connectivity index (χ3v) is 4.29. The standard InChI is InChI=1S/C17H22N6O/c1-3-14-6-4-5-13(2)16(14)19-15-11-18-21-17(20-15)23-9-7-22(12-24)8-10-23/h4-6,11-12H,3,7-10H2,1-2H3,(H,19,20,21). The number of para-hydroxylation sites is 1. The monoisotopic (exact) mass is 326 g/mol. The van der Waals surface area contributed by atoms with Gasteiger partial charge in [-0.15, -0.1) is 5.10 Å². The van der Waals surface area contributed by atoms with Crippen LogP contribution in [0.3, 0.4) is 0 Å². The molecule has 1 fully saturated rings. The molecule has 0 saturated carbocycles. The third-order valence-electron chi connectivity index (χ3n) is 4.29. The van der Waals surface area contributed by atoms with E-state index in [9.17, 15) is 4.79 Å². The van der Waals surface area contributed by atoms with Crippen LogP contribution in [0.15, 0.2) is 24.4 Å². The van der Waals surface area contributed by atoms with Crippen LogP contribution in [0, 0.1) is 6.92 Å². The Kier molecular flexibility index (Phi) is 4.88. The summed E-state index contributed by atoms with van der Waals surface area (Å²) < 4.78 is 0. The van der Waals surface area contributed by atoms with E-state index in [2.05, 4.69) is 57.4 Å². The third kappa shape index (κ3) is 3.45. The van der Waals surface area contributed by atoms with Crippen molar-refractivity contribution in [2.24, 2.45) is 0 Å². The first-order valence-electron chi connectivity index (χ1n) is 8.20. The van der Waals surface area contributed by atoms with Crippen molar-refractivity contribution < 1.29 is 4.79 Å². The lowest BCUT2D eigenvalue weighted by Crippen LogP contribution is -2.46. The fraction of sp³-hybridized carbons (Fsp3) is 0.412. The minimum Gasteiger partial charge on any atom is -0.342 e. The SMILES string of the molecule is CCc1cccc(C)c1Nc1cnnc(N2CCN(C=O)CC2)n1. The highest BCUT2D eigenvalue weighted by molar-refractivity contribution is 5.64. The predicted molar refractivity (Wildman–Crippen MR) is 93.5 cm³/mol. The van der Waals surface area contributed by atoms with Gasteiger partial charge in [-0.05, 0) is 24.5 Å². The van der Waals surface area contributed by atoms with Crippen LogP contribution in [0.25, 0.3) is 0 Å². The number of piperazine rings is 1. The van der Waals surface area contributed by atoms with Gasteiger partial charge < -0.3 is 15.1 Å². The van der Waals surface area contributed by atoms with Crippen molar-refractivity contribution in [3.8, 4) is 0 Å². The summed E-state index contributed by atoms with van der Waals surface area (Å²) >= 11 is 0. The van der Waals surface area contributed by atoms with Gasteiger partial charge in [-0.1, -0.05) is 25.1 Å². The van der Waals surface area contributed by atoms with Crippen LogP contribution >= 0.6 is 0 Å². The van der Waals surface area contributed by atoms with E-state index in [4.69, 9.17) is 0 Å². The van der Waals surface area contributed by atoms with Crippen molar-refractivity contribution in [2.45, 2.75) is 20.3 Å². The first-order valence-corrected chi connectivity index (χ1v) is 8.20. The van der Waals surface area contributed by atoms with Crippen LogP contribution < -0.4 is 10.2 Å². The number of rotatable bonds is 5. The van der Waals surface area contributed by atoms with E-state index < -0.39 is 0 Å². The fourth-order valence-corrected chi connectivity index (χ4v) is 2.85. The molecule has 3 rings (SSSR count). The molecule has 0 spiro atoms. The highest BCUT2D eigenvalue weighted by Gasteiger charge is 2.18. The molecule has 1 saturated heterocycles. The second-order valence-electron chi connectivity index (χ2n) is 5.86. The molecule has 1 aromatic heterocycles. The highest BCUT2D eigenvalue weighted by Crippen LogP contribution is 2.24. The summed E-state index contributed by atoms with van der Waals surface area (Å²) in [7, 11) is 0. The number of carbonyl (C=O) groups excluding carboxylic acids is 1. The predicted octanol–water partition coefficient (Wildman–Crippen LogP) is 1.76. The van der Waals surface area contributed by atoms with Crippen LogP contribution in [0.4, 0.5) is 17.5 Å². The number of carbonyl (C=O) groups is 1. The van der Waals surface area contributed by atoms with Gasteiger partial charge in [-0.25, -0.2) is 0 Å². The number of nitrogens with zero attached hydrogens (tertiary/aromatic N) is 5. The second-order valence-corrected chi connectivity index (χ2v) is 5.86. The van der Waals surface area contributed by atoms with Gasteiger partial charge in [-0.2, -0.15) is 10.1 Å². The van der Waals surface area contributed by atoms with Gasteiger partial charge in [0.1, 0.15) is 0 Å². The van der Waals surface area contributed by atoms with E-state index in [1.54, 1.807) is 11.1 Å². The normalized spacial score (nSPS) is 14.6. The van der Waals surface area contributed by atoms with E-state index in [0.717, 1.165) is 18.5 Å². The lowest BCUT2D eigenvalue weighted by Gasteiger charge is -2.32. The number of anilines is 3. The minimum atomic E-state index is 0.595. The molecule has 0 unspecified atom stereocenters. The molecule has 2 aromatic rings. The van der Waals surface area contributed by atoms with Crippen LogP contribution in [0.5, 0.6) is 0 Å². The molecule has 1 aliphatic heterocycles. The van der Waals surface area contributed by atoms with Gasteiger partial charge in [0.25, 0.3) is 0 Å². The maximum absolute atomic E-state index is 10.8. The number of hydrogen-bond donors (Lipinski definition) is 1. The zero-order valence-corrected chi connectivity index (χ0v) is 14.1. The number of amides is 1. The second kappa shape index (κ2) is 7.25. The maximum atomic E-state index is 10.8. The van der Waals surface area contributed by atoms with E-state index in [0.29, 0.717) is 37.9 Å². The zero-order valence-electron chi connectivity index (χ0n) is 14.1. The summed E-state index contributed by atoms with van der Waals surface area (Å²) in [6, 6.07) is 6.26. The molecule has 7 heteroatoms. The van der Waals surface area contributed by atoms with E-state index in [-0.39, 0.29) is 0 Å². The zero-order chi connectivity index (χ0) is 16.9. The van der Waals surface area contributed by atoms with Gasteiger partial charge in [0.05, 0.1) is 6.20 Å². The van der Waals surface area contributed by atoms with Crippen LogP contribution in [-0.2, 0) is 11.2 Å². The van der Waals surface area contributed by atoms with E-state index >= 15 is 0 Å². The van der Waals surface area contributed by atoms with Crippen molar-refractivity contribution in [1.82, 2.24) is 20.1 Å². The molecule has 1 aliphatic rings. The van der Waals surface area contributed by atoms with Crippen molar-refractivity contribution >= 4 is 23.9 Å². The number of aromatic nitrogens is 3. The number of nitrogens with one attached hydrogen (secondary N) is 1. The molecule has 0 atom stereocenters. The number of aryl methyl sites for hydroxylation is 2. The lowest BCUT2D eigenvalue weighted by molar-refractivity contribution is -0.118. The average molecular weight is 326 g/mol. The molecule has 7 nitrogen and oxygen atoms in total. The van der Waals surface area contributed by atoms with Crippen molar-refractivity contribution in [3.63, 3.8) is 0 Å². The fourth-order valence-electron chi connectivity index (χ4n) is 2.85. The molecule has 126 valence electrons. The summed E-state index contributed by atoms with van der Waals surface area (Å²) in [4.78, 5) is 19.2. The topological polar surface area (TPSA) is 74.2 Å². The first-order chi connectivity index (χ1) is 11.7. The highest BCUT2D eigenvalue weighted by atomic mass is 16.1. The summed E-state index contributed by atoms with van der Waals surface area (Å²) in [6.07, 6.45) is 3.47. The summed E-state index contributed by atoms with van der Waals surface area (Å²) in [5.74, 6) is 1.28. The van der Waals surface area contributed by atoms with Crippen molar-refractivity contribution in [1.29, 1.82) is 0 Å². The van der Waals surface area contributed by atoms with E-state index in [1.807, 2.05) is 0 Å².